The molecule has 248 valence electrons. The molecule has 0 spiro atoms. The number of benzene rings is 3. The number of amides is 3. The highest BCUT2D eigenvalue weighted by atomic mass is 16.6. The molecule has 9 heteroatoms. The number of carbonyl (C=O) groups excluding carboxylic acids is 3. The van der Waals surface area contributed by atoms with E-state index in [0.717, 1.165) is 36.8 Å². The minimum absolute atomic E-state index is 0.0368. The van der Waals surface area contributed by atoms with Crippen LogP contribution in [0.5, 0.6) is 11.5 Å². The molecule has 0 saturated heterocycles. The summed E-state index contributed by atoms with van der Waals surface area (Å²) in [6, 6.07) is 16.3. The van der Waals surface area contributed by atoms with Gasteiger partial charge in [0.05, 0.1) is 0 Å². The number of aryl methyl sites for hydroxylation is 2. The van der Waals surface area contributed by atoms with E-state index in [1.165, 1.54) is 29.2 Å². The van der Waals surface area contributed by atoms with Crippen molar-refractivity contribution in [1.82, 2.24) is 10.2 Å². The maximum Gasteiger partial charge on any atom is 0.408 e. The number of aromatic hydroxyl groups is 2. The summed E-state index contributed by atoms with van der Waals surface area (Å²) in [6.07, 6.45) is 3.91. The number of hydrogen-bond donors (Lipinski definition) is 4. The van der Waals surface area contributed by atoms with Crippen molar-refractivity contribution in [2.24, 2.45) is 0 Å². The lowest BCUT2D eigenvalue weighted by atomic mass is 9.99. The molecule has 0 saturated carbocycles. The molecule has 3 aromatic carbocycles. The van der Waals surface area contributed by atoms with Gasteiger partial charge in [0.25, 0.3) is 5.91 Å². The Morgan fingerprint density at radius 3 is 2.09 bits per heavy atom. The molecule has 3 amide bonds. The fourth-order valence-electron chi connectivity index (χ4n) is 5.34. The van der Waals surface area contributed by atoms with E-state index in [1.54, 1.807) is 45.0 Å². The van der Waals surface area contributed by atoms with Gasteiger partial charge >= 0.3 is 6.09 Å². The minimum Gasteiger partial charge on any atom is -0.508 e. The Bertz CT molecular complexity index is 1440. The molecular formula is C37H49N3O6. The van der Waals surface area contributed by atoms with Crippen LogP contribution in [0, 0.1) is 13.8 Å². The highest BCUT2D eigenvalue weighted by Crippen LogP contribution is 2.29. The summed E-state index contributed by atoms with van der Waals surface area (Å²) in [5.41, 5.74) is 2.73. The van der Waals surface area contributed by atoms with E-state index in [-0.39, 0.29) is 24.5 Å². The van der Waals surface area contributed by atoms with Gasteiger partial charge in [0, 0.05) is 18.7 Å². The third-order valence-electron chi connectivity index (χ3n) is 7.63. The van der Waals surface area contributed by atoms with Gasteiger partial charge in [-0.1, -0.05) is 75.1 Å². The van der Waals surface area contributed by atoms with Crippen molar-refractivity contribution in [2.75, 3.05) is 11.9 Å². The van der Waals surface area contributed by atoms with Crippen molar-refractivity contribution in [2.45, 2.75) is 97.8 Å². The predicted octanol–water partition coefficient (Wildman–Crippen LogP) is 7.33. The van der Waals surface area contributed by atoms with E-state index in [9.17, 15) is 24.6 Å². The van der Waals surface area contributed by atoms with Gasteiger partial charge in [-0.15, -0.1) is 0 Å². The van der Waals surface area contributed by atoms with Gasteiger partial charge < -0.3 is 30.5 Å². The van der Waals surface area contributed by atoms with Gasteiger partial charge in [-0.2, -0.15) is 0 Å². The Kier molecular flexibility index (Phi) is 13.0. The van der Waals surface area contributed by atoms with E-state index in [4.69, 9.17) is 4.74 Å². The van der Waals surface area contributed by atoms with Crippen LogP contribution < -0.4 is 10.6 Å². The number of nitrogens with zero attached hydrogens (tertiary/aromatic N) is 1. The molecular weight excluding hydrogens is 582 g/mol. The lowest BCUT2D eigenvalue weighted by Crippen LogP contribution is -2.53. The molecule has 0 aliphatic heterocycles. The monoisotopic (exact) mass is 631 g/mol. The largest absolute Gasteiger partial charge is 0.508 e. The zero-order valence-electron chi connectivity index (χ0n) is 27.9. The number of anilines is 1. The van der Waals surface area contributed by atoms with Crippen LogP contribution in [0.25, 0.3) is 0 Å². The zero-order valence-corrected chi connectivity index (χ0v) is 27.9. The van der Waals surface area contributed by atoms with Crippen molar-refractivity contribution in [1.29, 1.82) is 0 Å². The molecule has 4 N–H and O–H groups in total. The first-order chi connectivity index (χ1) is 21.8. The summed E-state index contributed by atoms with van der Waals surface area (Å²) in [7, 11) is 0. The second-order valence-corrected chi connectivity index (χ2v) is 12.8. The number of rotatable bonds is 14. The zero-order chi connectivity index (χ0) is 33.9. The Hall–Kier alpha value is -4.53. The first-order valence-electron chi connectivity index (χ1n) is 16.0. The smallest absolute Gasteiger partial charge is 0.408 e. The fraction of sp³-hybridized carbons (Fsp3) is 0.432. The minimum atomic E-state index is -1.12. The molecule has 0 heterocycles. The maximum atomic E-state index is 14.7. The fourth-order valence-corrected chi connectivity index (χ4v) is 5.34. The van der Waals surface area contributed by atoms with Crippen molar-refractivity contribution in [3.63, 3.8) is 0 Å². The summed E-state index contributed by atoms with van der Waals surface area (Å²) >= 11 is 0. The number of unbranched alkanes of at least 4 members (excludes halogenated alkanes) is 4. The van der Waals surface area contributed by atoms with Crippen LogP contribution >= 0.6 is 0 Å². The molecule has 0 aliphatic rings. The summed E-state index contributed by atoms with van der Waals surface area (Å²) in [4.78, 5) is 43.6. The van der Waals surface area contributed by atoms with Gasteiger partial charge in [0.2, 0.25) is 5.91 Å². The van der Waals surface area contributed by atoms with Crippen LogP contribution in [0.15, 0.2) is 66.7 Å². The van der Waals surface area contributed by atoms with Gasteiger partial charge in [0.1, 0.15) is 29.2 Å². The number of ether oxygens (including phenoxy) is 1. The average Bonchev–Trinajstić information content (AvgIpc) is 2.98. The predicted molar refractivity (Wildman–Crippen MR) is 181 cm³/mol. The van der Waals surface area contributed by atoms with E-state index < -0.39 is 35.6 Å². The van der Waals surface area contributed by atoms with Crippen molar-refractivity contribution >= 4 is 23.6 Å². The number of hydrogen-bond acceptors (Lipinski definition) is 6. The quantitative estimate of drug-likeness (QED) is 0.138. The number of nitrogens with one attached hydrogen (secondary N) is 2. The normalized spacial score (nSPS) is 12.6. The van der Waals surface area contributed by atoms with Crippen LogP contribution in [0.4, 0.5) is 10.5 Å². The average molecular weight is 632 g/mol. The van der Waals surface area contributed by atoms with Crippen molar-refractivity contribution < 1.29 is 29.3 Å². The van der Waals surface area contributed by atoms with Crippen LogP contribution in [-0.2, 0) is 20.7 Å². The molecule has 0 bridgehead atoms. The standard InChI is InChI=1S/C37H49N3O6/c1-7-8-9-10-11-22-40(35(44)31(38-36(45)46-37(4,5)6)23-27-18-20-29(41)21-19-27)33(28-16-13-17-30(42)24-28)34(43)39-32-25(2)14-12-15-26(32)3/h12-21,24,31,33,41-42H,7-11,22-23H2,1-6H3,(H,38,45)(H,39,43). The molecule has 0 fully saturated rings. The molecule has 46 heavy (non-hydrogen) atoms. The van der Waals surface area contributed by atoms with Crippen molar-refractivity contribution in [3.05, 3.63) is 89.0 Å². The van der Waals surface area contributed by atoms with E-state index in [2.05, 4.69) is 17.6 Å². The van der Waals surface area contributed by atoms with Crippen molar-refractivity contribution in [3.8, 4) is 11.5 Å². The number of alkyl carbamates (subject to hydrolysis) is 1. The first kappa shape index (κ1) is 35.9. The molecule has 0 aliphatic carbocycles. The van der Waals surface area contributed by atoms with Gasteiger partial charge in [0.15, 0.2) is 0 Å². The summed E-state index contributed by atoms with van der Waals surface area (Å²) in [5.74, 6) is -0.872. The topological polar surface area (TPSA) is 128 Å². The highest BCUT2D eigenvalue weighted by molar-refractivity contribution is 6.00. The van der Waals surface area contributed by atoms with Crippen LogP contribution in [-0.4, -0.2) is 51.2 Å². The Labute approximate surface area is 273 Å². The molecule has 2 atom stereocenters. The second kappa shape index (κ2) is 16.7. The third kappa shape index (κ3) is 10.8. The molecule has 0 radical (unpaired) electrons. The lowest BCUT2D eigenvalue weighted by molar-refractivity contribution is -0.140. The molecule has 0 aromatic heterocycles. The molecule has 2 unspecified atom stereocenters. The van der Waals surface area contributed by atoms with E-state index in [1.807, 2.05) is 32.0 Å². The number of carbonyl (C=O) groups is 3. The maximum absolute atomic E-state index is 14.7. The van der Waals surface area contributed by atoms with E-state index >= 15 is 0 Å². The van der Waals surface area contributed by atoms with Gasteiger partial charge in [-0.3, -0.25) is 9.59 Å². The van der Waals surface area contributed by atoms with E-state index in [0.29, 0.717) is 23.2 Å². The Morgan fingerprint density at radius 1 is 0.848 bits per heavy atom. The number of phenolic OH excluding ortho intramolecular Hbond substituents is 2. The molecule has 3 rings (SSSR count). The molecule has 9 nitrogen and oxygen atoms in total. The SMILES string of the molecule is CCCCCCCN(C(=O)C(Cc1ccc(O)cc1)NC(=O)OC(C)(C)C)C(C(=O)Nc1c(C)cccc1C)c1cccc(O)c1. The second-order valence-electron chi connectivity index (χ2n) is 12.8. The van der Waals surface area contributed by atoms with Crippen LogP contribution in [0.2, 0.25) is 0 Å². The number of phenols is 2. The van der Waals surface area contributed by atoms with Gasteiger partial charge in [-0.05, 0) is 87.6 Å². The number of para-hydroxylation sites is 1. The lowest BCUT2D eigenvalue weighted by Gasteiger charge is -2.35. The Balaban J connectivity index is 2.10. The highest BCUT2D eigenvalue weighted by Gasteiger charge is 2.36. The summed E-state index contributed by atoms with van der Waals surface area (Å²) in [5, 5.41) is 26.1. The van der Waals surface area contributed by atoms with Crippen LogP contribution in [0.3, 0.4) is 0 Å². The summed E-state index contributed by atoms with van der Waals surface area (Å²) in [6.45, 7) is 11.4. The van der Waals surface area contributed by atoms with Gasteiger partial charge in [-0.25, -0.2) is 4.79 Å². The first-order valence-corrected chi connectivity index (χ1v) is 16.0. The molecule has 3 aromatic rings. The summed E-state index contributed by atoms with van der Waals surface area (Å²) < 4.78 is 5.52. The third-order valence-corrected chi connectivity index (χ3v) is 7.63. The van der Waals surface area contributed by atoms with Crippen LogP contribution in [0.1, 0.15) is 88.1 Å². The Morgan fingerprint density at radius 2 is 1.48 bits per heavy atom.